The maximum Gasteiger partial charge on any atom is 0.411 e. The highest BCUT2D eigenvalue weighted by atomic mass is 16.6. The van der Waals surface area contributed by atoms with Gasteiger partial charge in [-0.1, -0.05) is 24.3 Å². The Morgan fingerprint density at radius 3 is 2.43 bits per heavy atom. The van der Waals surface area contributed by atoms with Crippen molar-refractivity contribution in [2.24, 2.45) is 5.92 Å². The van der Waals surface area contributed by atoms with Gasteiger partial charge in [-0.05, 0) is 70.2 Å². The third kappa shape index (κ3) is 3.88. The molecule has 2 atom stereocenters. The van der Waals surface area contributed by atoms with Crippen molar-refractivity contribution >= 4 is 12.1 Å². The lowest BCUT2D eigenvalue weighted by Gasteiger charge is -2.45. The molecule has 1 aromatic rings. The molecule has 4 heterocycles. The van der Waals surface area contributed by atoms with Gasteiger partial charge in [-0.2, -0.15) is 0 Å². The molecule has 0 spiro atoms. The molecule has 0 aliphatic carbocycles. The lowest BCUT2D eigenvalue weighted by atomic mass is 9.85. The Balaban J connectivity index is 1.57. The maximum atomic E-state index is 13.3. The molecule has 5 rings (SSSR count). The highest BCUT2D eigenvalue weighted by Crippen LogP contribution is 2.35. The van der Waals surface area contributed by atoms with Gasteiger partial charge < -0.3 is 9.47 Å². The minimum Gasteiger partial charge on any atom is -0.459 e. The molecular weight excluding hydrogens is 356 g/mol. The fraction of sp³-hybridized carbons (Fsp3) is 0.636. The van der Waals surface area contributed by atoms with Gasteiger partial charge in [0.25, 0.3) is 0 Å². The summed E-state index contributed by atoms with van der Waals surface area (Å²) in [4.78, 5) is 30.0. The summed E-state index contributed by atoms with van der Waals surface area (Å²) >= 11 is 0. The summed E-state index contributed by atoms with van der Waals surface area (Å²) in [6, 6.07) is 7.09. The number of carbonyl (C=O) groups is 2. The van der Waals surface area contributed by atoms with Crippen LogP contribution in [0.25, 0.3) is 0 Å². The number of rotatable bonds is 2. The number of hydrogen-bond acceptors (Lipinski definition) is 5. The fourth-order valence-electron chi connectivity index (χ4n) is 4.60. The van der Waals surface area contributed by atoms with Crippen LogP contribution in [0.1, 0.15) is 50.8 Å². The SMILES string of the molecule is CC(C)(C)OC(=O)N1CCc2ccccc2C1C(=O)OC1CN2CCC1CC2. The number of piperidine rings is 3. The third-order valence-electron chi connectivity index (χ3n) is 6.00. The van der Waals surface area contributed by atoms with Crippen LogP contribution >= 0.6 is 0 Å². The van der Waals surface area contributed by atoms with Gasteiger partial charge in [-0.25, -0.2) is 9.59 Å². The van der Waals surface area contributed by atoms with Crippen LogP contribution in [0.4, 0.5) is 4.79 Å². The zero-order valence-electron chi connectivity index (χ0n) is 17.0. The quantitative estimate of drug-likeness (QED) is 0.731. The molecule has 6 heteroatoms. The lowest BCUT2D eigenvalue weighted by Crippen LogP contribution is -2.53. The van der Waals surface area contributed by atoms with Crippen LogP contribution in [-0.4, -0.2) is 59.7 Å². The standard InChI is InChI=1S/C22H30N2O4/c1-22(2,3)28-21(26)24-13-10-15-6-4-5-7-17(15)19(24)20(25)27-18-14-23-11-8-16(18)9-12-23/h4-7,16,18-19H,8-14H2,1-3H3. The Bertz CT molecular complexity index is 749. The van der Waals surface area contributed by atoms with Crippen molar-refractivity contribution in [3.63, 3.8) is 0 Å². The van der Waals surface area contributed by atoms with Gasteiger partial charge in [0, 0.05) is 13.1 Å². The van der Waals surface area contributed by atoms with Crippen molar-refractivity contribution in [3.05, 3.63) is 35.4 Å². The number of benzene rings is 1. The molecule has 1 amide bonds. The van der Waals surface area contributed by atoms with Gasteiger partial charge in [0.1, 0.15) is 11.7 Å². The van der Waals surface area contributed by atoms with E-state index in [-0.39, 0.29) is 12.1 Å². The number of ether oxygens (including phenoxy) is 2. The number of esters is 1. The average Bonchev–Trinajstić information content (AvgIpc) is 2.66. The Hall–Kier alpha value is -2.08. The molecule has 0 radical (unpaired) electrons. The lowest BCUT2D eigenvalue weighted by molar-refractivity contribution is -0.165. The molecule has 28 heavy (non-hydrogen) atoms. The van der Waals surface area contributed by atoms with E-state index in [4.69, 9.17) is 9.47 Å². The van der Waals surface area contributed by atoms with Crippen molar-refractivity contribution in [1.82, 2.24) is 9.80 Å². The highest BCUT2D eigenvalue weighted by Gasteiger charge is 2.42. The second-order valence-corrected chi connectivity index (χ2v) is 9.14. The van der Waals surface area contributed by atoms with Gasteiger partial charge in [-0.15, -0.1) is 0 Å². The van der Waals surface area contributed by atoms with E-state index in [9.17, 15) is 9.59 Å². The predicted octanol–water partition coefficient (Wildman–Crippen LogP) is 3.16. The Kier molecular flexibility index (Phi) is 5.08. The summed E-state index contributed by atoms with van der Waals surface area (Å²) < 4.78 is 11.6. The summed E-state index contributed by atoms with van der Waals surface area (Å²) in [6.07, 6.45) is 2.32. The number of nitrogens with zero attached hydrogens (tertiary/aromatic N) is 2. The first-order valence-corrected chi connectivity index (χ1v) is 10.3. The summed E-state index contributed by atoms with van der Waals surface area (Å²) in [6.45, 7) is 8.95. The minimum absolute atomic E-state index is 0.0791. The van der Waals surface area contributed by atoms with E-state index in [1.165, 1.54) is 4.90 Å². The molecule has 152 valence electrons. The van der Waals surface area contributed by atoms with Crippen LogP contribution in [0.15, 0.2) is 24.3 Å². The predicted molar refractivity (Wildman–Crippen MR) is 105 cm³/mol. The molecule has 0 saturated carbocycles. The van der Waals surface area contributed by atoms with E-state index in [1.54, 1.807) is 0 Å². The van der Waals surface area contributed by atoms with E-state index in [0.29, 0.717) is 18.9 Å². The molecule has 6 nitrogen and oxygen atoms in total. The second kappa shape index (κ2) is 7.39. The molecule has 0 aromatic heterocycles. The van der Waals surface area contributed by atoms with Crippen LogP contribution in [-0.2, 0) is 20.7 Å². The monoisotopic (exact) mass is 386 g/mol. The topological polar surface area (TPSA) is 59.1 Å². The van der Waals surface area contributed by atoms with Gasteiger partial charge in [0.05, 0.1) is 0 Å². The van der Waals surface area contributed by atoms with Crippen LogP contribution < -0.4 is 0 Å². The minimum atomic E-state index is -0.741. The molecule has 2 bridgehead atoms. The highest BCUT2D eigenvalue weighted by molar-refractivity contribution is 5.84. The maximum absolute atomic E-state index is 13.3. The number of hydrogen-bond donors (Lipinski definition) is 0. The van der Waals surface area contributed by atoms with Crippen molar-refractivity contribution < 1.29 is 19.1 Å². The van der Waals surface area contributed by atoms with Crippen LogP contribution in [0.2, 0.25) is 0 Å². The average molecular weight is 386 g/mol. The van der Waals surface area contributed by atoms with E-state index in [1.807, 2.05) is 45.0 Å². The van der Waals surface area contributed by atoms with Gasteiger partial charge >= 0.3 is 12.1 Å². The summed E-state index contributed by atoms with van der Waals surface area (Å²) in [7, 11) is 0. The fourth-order valence-corrected chi connectivity index (χ4v) is 4.60. The van der Waals surface area contributed by atoms with Crippen molar-refractivity contribution in [2.75, 3.05) is 26.2 Å². The molecule has 0 N–H and O–H groups in total. The molecular formula is C22H30N2O4. The molecule has 4 aliphatic heterocycles. The van der Waals surface area contributed by atoms with Gasteiger partial charge in [0.2, 0.25) is 0 Å². The van der Waals surface area contributed by atoms with Crippen molar-refractivity contribution in [1.29, 1.82) is 0 Å². The molecule has 2 unspecified atom stereocenters. The molecule has 3 fully saturated rings. The molecule has 4 aliphatic rings. The molecule has 3 saturated heterocycles. The van der Waals surface area contributed by atoms with Crippen molar-refractivity contribution in [3.8, 4) is 0 Å². The van der Waals surface area contributed by atoms with E-state index >= 15 is 0 Å². The largest absolute Gasteiger partial charge is 0.459 e. The second-order valence-electron chi connectivity index (χ2n) is 9.14. The van der Waals surface area contributed by atoms with E-state index < -0.39 is 17.7 Å². The van der Waals surface area contributed by atoms with Gasteiger partial charge in [-0.3, -0.25) is 9.80 Å². The van der Waals surface area contributed by atoms with E-state index in [2.05, 4.69) is 4.90 Å². The summed E-state index contributed by atoms with van der Waals surface area (Å²) in [5.41, 5.74) is 1.34. The molecule has 1 aromatic carbocycles. The Morgan fingerprint density at radius 1 is 1.07 bits per heavy atom. The Morgan fingerprint density at radius 2 is 1.79 bits per heavy atom. The van der Waals surface area contributed by atoms with Crippen LogP contribution in [0.3, 0.4) is 0 Å². The first-order valence-electron chi connectivity index (χ1n) is 10.3. The normalized spacial score (nSPS) is 29.2. The van der Waals surface area contributed by atoms with E-state index in [0.717, 1.165) is 43.6 Å². The van der Waals surface area contributed by atoms with Crippen LogP contribution in [0.5, 0.6) is 0 Å². The summed E-state index contributed by atoms with van der Waals surface area (Å²) in [5.74, 6) is 0.0968. The Labute approximate surface area is 166 Å². The van der Waals surface area contributed by atoms with Gasteiger partial charge in [0.15, 0.2) is 6.04 Å². The first kappa shape index (κ1) is 19.2. The van der Waals surface area contributed by atoms with Crippen molar-refractivity contribution in [2.45, 2.75) is 57.8 Å². The first-order chi connectivity index (χ1) is 13.3. The number of carbonyl (C=O) groups excluding carboxylic acids is 2. The smallest absolute Gasteiger partial charge is 0.411 e. The summed E-state index contributed by atoms with van der Waals surface area (Å²) in [5, 5.41) is 0. The van der Waals surface area contributed by atoms with Crippen LogP contribution in [0, 0.1) is 5.92 Å². The number of fused-ring (bicyclic) bond motifs is 4. The zero-order valence-corrected chi connectivity index (χ0v) is 17.0. The third-order valence-corrected chi connectivity index (χ3v) is 6.00. The zero-order chi connectivity index (χ0) is 19.9. The number of amides is 1.